The van der Waals surface area contributed by atoms with Gasteiger partial charge in [0.15, 0.2) is 0 Å². The Morgan fingerprint density at radius 1 is 1.28 bits per heavy atom. The Bertz CT molecular complexity index is 451. The van der Waals surface area contributed by atoms with Crippen LogP contribution in [0.25, 0.3) is 0 Å². The summed E-state index contributed by atoms with van der Waals surface area (Å²) in [5.41, 5.74) is 0.857. The van der Waals surface area contributed by atoms with Crippen LogP contribution in [0.1, 0.15) is 31.7 Å². The number of nitrogens with one attached hydrogen (secondary N) is 1. The third-order valence-corrected chi connectivity index (χ3v) is 2.83. The minimum absolute atomic E-state index is 0.204. The monoisotopic (exact) mass is 247 g/mol. The highest BCUT2D eigenvalue weighted by Gasteiger charge is 2.31. The van der Waals surface area contributed by atoms with Crippen molar-refractivity contribution < 1.29 is 14.3 Å². The van der Waals surface area contributed by atoms with Gasteiger partial charge in [0.2, 0.25) is 11.8 Å². The normalized spacial score (nSPS) is 19.2. The first-order valence-electron chi connectivity index (χ1n) is 6.12. The van der Waals surface area contributed by atoms with Crippen LogP contribution in [0.5, 0.6) is 5.75 Å². The lowest BCUT2D eigenvalue weighted by Crippen LogP contribution is -2.21. The van der Waals surface area contributed by atoms with Gasteiger partial charge in [-0.3, -0.25) is 14.9 Å². The van der Waals surface area contributed by atoms with Crippen molar-refractivity contribution in [2.45, 2.75) is 26.2 Å². The van der Waals surface area contributed by atoms with Gasteiger partial charge in [-0.1, -0.05) is 26.0 Å². The summed E-state index contributed by atoms with van der Waals surface area (Å²) in [5.74, 6) is 0.498. The molecule has 18 heavy (non-hydrogen) atoms. The molecule has 1 fully saturated rings. The molecule has 0 bridgehead atoms. The third-order valence-electron chi connectivity index (χ3n) is 2.83. The van der Waals surface area contributed by atoms with E-state index in [1.807, 2.05) is 24.3 Å². The molecule has 4 heteroatoms. The fraction of sp³-hybridized carbons (Fsp3) is 0.429. The Morgan fingerprint density at radius 3 is 2.44 bits per heavy atom. The zero-order valence-electron chi connectivity index (χ0n) is 10.6. The zero-order valence-corrected chi connectivity index (χ0v) is 10.6. The van der Waals surface area contributed by atoms with Gasteiger partial charge in [0.1, 0.15) is 5.75 Å². The van der Waals surface area contributed by atoms with Gasteiger partial charge in [-0.05, 0) is 23.6 Å². The number of benzene rings is 1. The summed E-state index contributed by atoms with van der Waals surface area (Å²) in [6.07, 6.45) is 0.241. The van der Waals surface area contributed by atoms with Crippen molar-refractivity contribution in [2.75, 3.05) is 6.61 Å². The first-order chi connectivity index (χ1) is 8.56. The van der Waals surface area contributed by atoms with Crippen LogP contribution >= 0.6 is 0 Å². The lowest BCUT2D eigenvalue weighted by molar-refractivity contribution is -0.125. The molecule has 2 rings (SSSR count). The fourth-order valence-corrected chi connectivity index (χ4v) is 1.88. The quantitative estimate of drug-likeness (QED) is 0.826. The summed E-state index contributed by atoms with van der Waals surface area (Å²) in [6.45, 7) is 4.84. The molecule has 96 valence electrons. The van der Waals surface area contributed by atoms with Gasteiger partial charge in [0.25, 0.3) is 0 Å². The van der Waals surface area contributed by atoms with Crippen molar-refractivity contribution in [1.82, 2.24) is 5.32 Å². The van der Waals surface area contributed by atoms with Crippen molar-refractivity contribution in [1.29, 1.82) is 0 Å². The van der Waals surface area contributed by atoms with E-state index in [1.54, 1.807) is 0 Å². The maximum Gasteiger partial charge on any atom is 0.234 e. The molecule has 1 saturated heterocycles. The van der Waals surface area contributed by atoms with Gasteiger partial charge in [0.05, 0.1) is 12.5 Å². The van der Waals surface area contributed by atoms with Gasteiger partial charge in [-0.2, -0.15) is 0 Å². The van der Waals surface area contributed by atoms with E-state index in [4.69, 9.17) is 4.74 Å². The van der Waals surface area contributed by atoms with Crippen LogP contribution in [0, 0.1) is 5.92 Å². The number of imide groups is 1. The zero-order chi connectivity index (χ0) is 13.1. The summed E-state index contributed by atoms with van der Waals surface area (Å²) >= 11 is 0. The van der Waals surface area contributed by atoms with Crippen molar-refractivity contribution >= 4 is 11.8 Å². The second kappa shape index (κ2) is 5.21. The molecule has 0 saturated carbocycles. The molecule has 1 aliphatic heterocycles. The highest BCUT2D eigenvalue weighted by atomic mass is 16.5. The standard InChI is InChI=1S/C14H17NO3/c1-9(2)8-18-11-5-3-10(4-6-11)12-7-13(16)15-14(12)17/h3-6,9,12H,7-8H2,1-2H3,(H,15,16,17)/t12-/m1/s1. The number of hydrogen-bond acceptors (Lipinski definition) is 3. The van der Waals surface area contributed by atoms with E-state index in [-0.39, 0.29) is 24.2 Å². The first-order valence-corrected chi connectivity index (χ1v) is 6.12. The number of ether oxygens (including phenoxy) is 1. The second-order valence-electron chi connectivity index (χ2n) is 4.94. The van der Waals surface area contributed by atoms with E-state index >= 15 is 0 Å². The molecule has 0 aliphatic carbocycles. The Hall–Kier alpha value is -1.84. The van der Waals surface area contributed by atoms with Gasteiger partial charge in [-0.15, -0.1) is 0 Å². The van der Waals surface area contributed by atoms with Crippen LogP contribution in [0.3, 0.4) is 0 Å². The van der Waals surface area contributed by atoms with Crippen LogP contribution in [0.2, 0.25) is 0 Å². The molecule has 0 unspecified atom stereocenters. The number of carbonyl (C=O) groups is 2. The first kappa shape index (κ1) is 12.6. The molecular weight excluding hydrogens is 230 g/mol. The molecular formula is C14H17NO3. The van der Waals surface area contributed by atoms with E-state index in [2.05, 4.69) is 19.2 Å². The SMILES string of the molecule is CC(C)COc1ccc([C@H]2CC(=O)NC2=O)cc1. The maximum absolute atomic E-state index is 11.5. The minimum Gasteiger partial charge on any atom is -0.493 e. The molecule has 1 aliphatic rings. The number of rotatable bonds is 4. The fourth-order valence-electron chi connectivity index (χ4n) is 1.88. The second-order valence-corrected chi connectivity index (χ2v) is 4.94. The minimum atomic E-state index is -0.350. The summed E-state index contributed by atoms with van der Waals surface area (Å²) in [7, 11) is 0. The van der Waals surface area contributed by atoms with Gasteiger partial charge in [0, 0.05) is 6.42 Å². The van der Waals surface area contributed by atoms with Crippen LogP contribution < -0.4 is 10.1 Å². The number of carbonyl (C=O) groups excluding carboxylic acids is 2. The average molecular weight is 247 g/mol. The smallest absolute Gasteiger partial charge is 0.234 e. The Balaban J connectivity index is 2.03. The Labute approximate surface area is 106 Å². The van der Waals surface area contributed by atoms with Crippen molar-refractivity contribution in [3.63, 3.8) is 0 Å². The van der Waals surface area contributed by atoms with E-state index in [0.29, 0.717) is 12.5 Å². The van der Waals surface area contributed by atoms with E-state index in [1.165, 1.54) is 0 Å². The van der Waals surface area contributed by atoms with Crippen LogP contribution in [-0.4, -0.2) is 18.4 Å². The predicted molar refractivity (Wildman–Crippen MR) is 67.3 cm³/mol. The summed E-state index contributed by atoms with van der Waals surface area (Å²) in [6, 6.07) is 7.37. The third kappa shape index (κ3) is 2.88. The lowest BCUT2D eigenvalue weighted by Gasteiger charge is -2.10. The number of hydrogen-bond donors (Lipinski definition) is 1. The molecule has 1 atom stereocenters. The van der Waals surface area contributed by atoms with Crippen molar-refractivity contribution in [2.24, 2.45) is 5.92 Å². The predicted octanol–water partition coefficient (Wildman–Crippen LogP) is 1.85. The topological polar surface area (TPSA) is 55.4 Å². The van der Waals surface area contributed by atoms with Crippen molar-refractivity contribution in [3.8, 4) is 5.75 Å². The van der Waals surface area contributed by atoms with Crippen LogP contribution in [-0.2, 0) is 9.59 Å². The Morgan fingerprint density at radius 2 is 1.94 bits per heavy atom. The van der Waals surface area contributed by atoms with Crippen molar-refractivity contribution in [3.05, 3.63) is 29.8 Å². The van der Waals surface area contributed by atoms with Gasteiger partial charge < -0.3 is 4.74 Å². The maximum atomic E-state index is 11.5. The number of amides is 2. The Kier molecular flexibility index (Phi) is 3.65. The van der Waals surface area contributed by atoms with Gasteiger partial charge in [-0.25, -0.2) is 0 Å². The van der Waals surface area contributed by atoms with Gasteiger partial charge >= 0.3 is 0 Å². The molecule has 0 radical (unpaired) electrons. The molecule has 1 aromatic carbocycles. The molecule has 1 aromatic rings. The molecule has 2 amide bonds. The molecule has 0 spiro atoms. The summed E-state index contributed by atoms with van der Waals surface area (Å²) in [4.78, 5) is 22.6. The van der Waals surface area contributed by atoms with E-state index in [0.717, 1.165) is 11.3 Å². The summed E-state index contributed by atoms with van der Waals surface area (Å²) < 4.78 is 5.57. The van der Waals surface area contributed by atoms with E-state index in [9.17, 15) is 9.59 Å². The lowest BCUT2D eigenvalue weighted by atomic mass is 9.98. The molecule has 0 aromatic heterocycles. The van der Waals surface area contributed by atoms with Crippen LogP contribution in [0.15, 0.2) is 24.3 Å². The van der Waals surface area contributed by atoms with E-state index < -0.39 is 0 Å². The molecule has 4 nitrogen and oxygen atoms in total. The average Bonchev–Trinajstić information content (AvgIpc) is 2.66. The molecule has 1 heterocycles. The largest absolute Gasteiger partial charge is 0.493 e. The highest BCUT2D eigenvalue weighted by molar-refractivity contribution is 6.06. The highest BCUT2D eigenvalue weighted by Crippen LogP contribution is 2.26. The van der Waals surface area contributed by atoms with Crippen LogP contribution in [0.4, 0.5) is 0 Å². The molecule has 1 N–H and O–H groups in total. The summed E-state index contributed by atoms with van der Waals surface area (Å²) in [5, 5.41) is 2.31.